The molecule has 1 atom stereocenters. The van der Waals surface area contributed by atoms with Gasteiger partial charge < -0.3 is 19.8 Å². The zero-order valence-electron chi connectivity index (χ0n) is 11.0. The molecule has 0 aliphatic carbocycles. The van der Waals surface area contributed by atoms with E-state index in [2.05, 4.69) is 0 Å². The van der Waals surface area contributed by atoms with Crippen molar-refractivity contribution in [1.29, 1.82) is 0 Å². The molecule has 0 aromatic heterocycles. The smallest absolute Gasteiger partial charge is 0.303 e. The van der Waals surface area contributed by atoms with Crippen LogP contribution < -0.4 is 0 Å². The molecule has 1 fully saturated rings. The van der Waals surface area contributed by atoms with Crippen LogP contribution in [0.15, 0.2) is 24.3 Å². The van der Waals surface area contributed by atoms with Crippen LogP contribution in [-0.4, -0.2) is 46.2 Å². The van der Waals surface area contributed by atoms with Gasteiger partial charge in [0.2, 0.25) is 5.91 Å². The number of para-hydroxylation sites is 1. The second kappa shape index (κ2) is 6.38. The highest BCUT2D eigenvalue weighted by molar-refractivity contribution is 5.78. The number of hydrogen-bond donors (Lipinski definition) is 2. The maximum absolute atomic E-state index is 11.9. The van der Waals surface area contributed by atoms with E-state index in [1.807, 2.05) is 0 Å². The molecule has 1 aliphatic rings. The summed E-state index contributed by atoms with van der Waals surface area (Å²) in [5.74, 6) is -0.954. The van der Waals surface area contributed by atoms with Gasteiger partial charge in [-0.1, -0.05) is 18.2 Å². The van der Waals surface area contributed by atoms with Crippen molar-refractivity contribution < 1.29 is 24.5 Å². The van der Waals surface area contributed by atoms with E-state index >= 15 is 0 Å². The van der Waals surface area contributed by atoms with E-state index in [1.54, 1.807) is 29.2 Å². The van der Waals surface area contributed by atoms with Crippen molar-refractivity contribution in [3.8, 4) is 5.75 Å². The number of benzene rings is 1. The van der Waals surface area contributed by atoms with Crippen LogP contribution in [0.4, 0.5) is 0 Å². The molecular weight excluding hydrogens is 262 g/mol. The zero-order valence-corrected chi connectivity index (χ0v) is 11.0. The minimum absolute atomic E-state index is 0.00281. The Kier molecular flexibility index (Phi) is 4.57. The molecule has 20 heavy (non-hydrogen) atoms. The third-order valence-electron chi connectivity index (χ3n) is 3.32. The first kappa shape index (κ1) is 14.3. The summed E-state index contributed by atoms with van der Waals surface area (Å²) in [6, 6.07) is 6.53. The number of ether oxygens (including phenoxy) is 1. The molecule has 0 saturated carbocycles. The number of carboxylic acid groups (broad SMARTS) is 1. The SMILES string of the molecule is O=C(O)CCC1COCC(=O)N1Cc1ccccc1O. The normalized spacial score (nSPS) is 19.1. The van der Waals surface area contributed by atoms with Crippen molar-refractivity contribution in [3.63, 3.8) is 0 Å². The molecule has 1 saturated heterocycles. The van der Waals surface area contributed by atoms with Crippen molar-refractivity contribution in [2.45, 2.75) is 25.4 Å². The maximum atomic E-state index is 11.9. The van der Waals surface area contributed by atoms with Crippen molar-refractivity contribution >= 4 is 11.9 Å². The number of carboxylic acids is 1. The van der Waals surface area contributed by atoms with Crippen molar-refractivity contribution in [1.82, 2.24) is 4.90 Å². The number of nitrogens with zero attached hydrogens (tertiary/aromatic N) is 1. The summed E-state index contributed by atoms with van der Waals surface area (Å²) in [4.78, 5) is 24.2. The summed E-state index contributed by atoms with van der Waals surface area (Å²) in [7, 11) is 0. The standard InChI is InChI=1S/C14H17NO5/c16-12-4-2-1-3-10(12)7-15-11(5-6-14(18)19)8-20-9-13(15)17/h1-4,11,16H,5-9H2,(H,18,19). The van der Waals surface area contributed by atoms with Gasteiger partial charge in [0.15, 0.2) is 0 Å². The summed E-state index contributed by atoms with van der Waals surface area (Å²) in [6.45, 7) is 0.586. The van der Waals surface area contributed by atoms with Gasteiger partial charge in [0.1, 0.15) is 12.4 Å². The molecule has 1 aromatic carbocycles. The Labute approximate surface area is 116 Å². The average molecular weight is 279 g/mol. The van der Waals surface area contributed by atoms with E-state index in [9.17, 15) is 14.7 Å². The monoisotopic (exact) mass is 279 g/mol. The summed E-state index contributed by atoms with van der Waals surface area (Å²) < 4.78 is 5.18. The molecular formula is C14H17NO5. The van der Waals surface area contributed by atoms with Gasteiger partial charge in [-0.3, -0.25) is 9.59 Å². The van der Waals surface area contributed by atoms with Crippen LogP contribution in [0.1, 0.15) is 18.4 Å². The van der Waals surface area contributed by atoms with Crippen LogP contribution in [0.5, 0.6) is 5.75 Å². The number of phenolic OH excluding ortho intramolecular Hbond substituents is 1. The lowest BCUT2D eigenvalue weighted by atomic mass is 10.1. The summed E-state index contributed by atoms with van der Waals surface area (Å²) >= 11 is 0. The topological polar surface area (TPSA) is 87.1 Å². The van der Waals surface area contributed by atoms with Crippen LogP contribution in [-0.2, 0) is 20.9 Å². The van der Waals surface area contributed by atoms with E-state index in [4.69, 9.17) is 9.84 Å². The fraction of sp³-hybridized carbons (Fsp3) is 0.429. The highest BCUT2D eigenvalue weighted by atomic mass is 16.5. The average Bonchev–Trinajstić information content (AvgIpc) is 2.41. The molecule has 2 rings (SSSR count). The molecule has 108 valence electrons. The highest BCUT2D eigenvalue weighted by Gasteiger charge is 2.29. The highest BCUT2D eigenvalue weighted by Crippen LogP contribution is 2.22. The molecule has 1 unspecified atom stereocenters. The molecule has 6 heteroatoms. The predicted molar refractivity (Wildman–Crippen MR) is 70.1 cm³/mol. The van der Waals surface area contributed by atoms with Crippen molar-refractivity contribution in [2.75, 3.05) is 13.2 Å². The third kappa shape index (κ3) is 3.48. The maximum Gasteiger partial charge on any atom is 0.303 e. The van der Waals surface area contributed by atoms with Gasteiger partial charge in [0.25, 0.3) is 0 Å². The Hall–Kier alpha value is -2.08. The lowest BCUT2D eigenvalue weighted by Gasteiger charge is -2.35. The number of hydrogen-bond acceptors (Lipinski definition) is 4. The number of carbonyl (C=O) groups is 2. The zero-order chi connectivity index (χ0) is 14.5. The quantitative estimate of drug-likeness (QED) is 0.839. The molecule has 1 amide bonds. The molecule has 0 bridgehead atoms. The summed E-state index contributed by atoms with van der Waals surface area (Å²) in [5.41, 5.74) is 0.642. The van der Waals surface area contributed by atoms with Crippen LogP contribution in [0.25, 0.3) is 0 Å². The third-order valence-corrected chi connectivity index (χ3v) is 3.32. The van der Waals surface area contributed by atoms with Gasteiger partial charge in [-0.2, -0.15) is 0 Å². The van der Waals surface area contributed by atoms with Crippen LogP contribution in [0.3, 0.4) is 0 Å². The Balaban J connectivity index is 2.09. The first-order chi connectivity index (χ1) is 9.58. The lowest BCUT2D eigenvalue weighted by molar-refractivity contribution is -0.151. The molecule has 2 N–H and O–H groups in total. The number of carbonyl (C=O) groups excluding carboxylic acids is 1. The Bertz CT molecular complexity index is 502. The number of rotatable bonds is 5. The fourth-order valence-corrected chi connectivity index (χ4v) is 2.23. The molecule has 6 nitrogen and oxygen atoms in total. The largest absolute Gasteiger partial charge is 0.508 e. The van der Waals surface area contributed by atoms with Crippen LogP contribution in [0.2, 0.25) is 0 Å². The van der Waals surface area contributed by atoms with Gasteiger partial charge in [-0.05, 0) is 12.5 Å². The Morgan fingerprint density at radius 1 is 1.40 bits per heavy atom. The van der Waals surface area contributed by atoms with Crippen LogP contribution >= 0.6 is 0 Å². The van der Waals surface area contributed by atoms with Gasteiger partial charge in [-0.15, -0.1) is 0 Å². The second-order valence-electron chi connectivity index (χ2n) is 4.75. The second-order valence-corrected chi connectivity index (χ2v) is 4.75. The first-order valence-corrected chi connectivity index (χ1v) is 6.44. The van der Waals surface area contributed by atoms with E-state index in [0.29, 0.717) is 18.6 Å². The van der Waals surface area contributed by atoms with Gasteiger partial charge in [0, 0.05) is 18.5 Å². The summed E-state index contributed by atoms with van der Waals surface area (Å²) in [5, 5.41) is 18.5. The molecule has 1 heterocycles. The van der Waals surface area contributed by atoms with Crippen molar-refractivity contribution in [3.05, 3.63) is 29.8 Å². The van der Waals surface area contributed by atoms with Crippen LogP contribution in [0, 0.1) is 0 Å². The molecule has 0 radical (unpaired) electrons. The Morgan fingerprint density at radius 2 is 2.15 bits per heavy atom. The van der Waals surface area contributed by atoms with Gasteiger partial charge in [0.05, 0.1) is 12.6 Å². The van der Waals surface area contributed by atoms with E-state index in [0.717, 1.165) is 0 Å². The minimum Gasteiger partial charge on any atom is -0.508 e. The fourth-order valence-electron chi connectivity index (χ4n) is 2.23. The lowest BCUT2D eigenvalue weighted by Crippen LogP contribution is -2.48. The summed E-state index contributed by atoms with van der Waals surface area (Å²) in [6.07, 6.45) is 0.327. The number of aromatic hydroxyl groups is 1. The van der Waals surface area contributed by atoms with E-state index in [1.165, 1.54) is 0 Å². The first-order valence-electron chi connectivity index (χ1n) is 6.44. The van der Waals surface area contributed by atoms with Gasteiger partial charge >= 0.3 is 5.97 Å². The predicted octanol–water partition coefficient (Wildman–Crippen LogP) is 0.984. The molecule has 1 aromatic rings. The van der Waals surface area contributed by atoms with Crippen molar-refractivity contribution in [2.24, 2.45) is 0 Å². The number of aliphatic carboxylic acids is 1. The number of phenols is 1. The number of amides is 1. The van der Waals surface area contributed by atoms with Gasteiger partial charge in [-0.25, -0.2) is 0 Å². The molecule has 0 spiro atoms. The van der Waals surface area contributed by atoms with E-state index in [-0.39, 0.29) is 37.3 Å². The minimum atomic E-state index is -0.898. The Morgan fingerprint density at radius 3 is 2.85 bits per heavy atom. The molecule has 1 aliphatic heterocycles. The number of morpholine rings is 1. The van der Waals surface area contributed by atoms with E-state index < -0.39 is 5.97 Å².